The minimum Gasteiger partial charge on any atom is -0.347 e. The van der Waals surface area contributed by atoms with E-state index in [-0.39, 0.29) is 25.3 Å². The van der Waals surface area contributed by atoms with Crippen molar-refractivity contribution >= 4 is 29.4 Å². The molecule has 1 aliphatic rings. The Bertz CT molecular complexity index is 1430. The van der Waals surface area contributed by atoms with Gasteiger partial charge in [-0.1, -0.05) is 54.6 Å². The Morgan fingerprint density at radius 2 is 1.63 bits per heavy atom. The molecule has 0 spiro atoms. The largest absolute Gasteiger partial charge is 0.347 e. The summed E-state index contributed by atoms with van der Waals surface area (Å²) in [6.45, 7) is 1.20. The first-order valence-corrected chi connectivity index (χ1v) is 13.5. The smallest absolute Gasteiger partial charge is 0.289 e. The summed E-state index contributed by atoms with van der Waals surface area (Å²) in [7, 11) is 0. The van der Waals surface area contributed by atoms with Crippen LogP contribution in [0.4, 0.5) is 0 Å². The number of aromatic nitrogens is 1. The number of nitrogens with one attached hydrogen (secondary N) is 4. The Hall–Kier alpha value is -4.86. The second-order valence-electron chi connectivity index (χ2n) is 9.98. The third kappa shape index (κ3) is 8.56. The fourth-order valence-corrected chi connectivity index (χ4v) is 4.45. The molecule has 4 amide bonds. The van der Waals surface area contributed by atoms with Gasteiger partial charge in [-0.3, -0.25) is 29.0 Å². The summed E-state index contributed by atoms with van der Waals surface area (Å²) in [6.07, 6.45) is 4.76. The van der Waals surface area contributed by atoms with Crippen LogP contribution in [0.1, 0.15) is 36.5 Å². The van der Waals surface area contributed by atoms with Gasteiger partial charge in [0.2, 0.25) is 23.5 Å². The van der Waals surface area contributed by atoms with Crippen LogP contribution in [0.2, 0.25) is 0 Å². The molecule has 0 radical (unpaired) electrons. The predicted octanol–water partition coefficient (Wildman–Crippen LogP) is 1.62. The lowest BCUT2D eigenvalue weighted by molar-refractivity contribution is -0.138. The molecule has 41 heavy (non-hydrogen) atoms. The minimum atomic E-state index is -1.01. The molecule has 10 heteroatoms. The first kappa shape index (κ1) is 29.1. The number of nitrogens with zero attached hydrogens (tertiary/aromatic N) is 1. The molecule has 0 fully saturated rings. The summed E-state index contributed by atoms with van der Waals surface area (Å²) in [4.78, 5) is 67.5. The topological polar surface area (TPSA) is 146 Å². The predicted molar refractivity (Wildman–Crippen MR) is 152 cm³/mol. The Kier molecular flexibility index (Phi) is 9.93. The Balaban J connectivity index is 1.45. The number of carbonyl (C=O) groups excluding carboxylic acids is 5. The van der Waals surface area contributed by atoms with E-state index in [9.17, 15) is 24.0 Å². The molecule has 10 nitrogen and oxygen atoms in total. The molecule has 2 atom stereocenters. The van der Waals surface area contributed by atoms with Crippen LogP contribution in [-0.2, 0) is 43.4 Å². The van der Waals surface area contributed by atoms with Crippen LogP contribution >= 0.6 is 0 Å². The van der Waals surface area contributed by atoms with E-state index in [1.54, 1.807) is 19.3 Å². The van der Waals surface area contributed by atoms with Gasteiger partial charge in [0.25, 0.3) is 5.91 Å². The number of fused-ring (bicyclic) bond motifs is 5. The van der Waals surface area contributed by atoms with Gasteiger partial charge < -0.3 is 21.3 Å². The maximum absolute atomic E-state index is 13.1. The van der Waals surface area contributed by atoms with Crippen molar-refractivity contribution in [1.82, 2.24) is 26.3 Å². The van der Waals surface area contributed by atoms with Crippen molar-refractivity contribution in [3.8, 4) is 11.1 Å². The molecular formula is C31H33N5O5. The summed E-state index contributed by atoms with van der Waals surface area (Å²) >= 11 is 0. The van der Waals surface area contributed by atoms with Crippen LogP contribution in [0.5, 0.6) is 0 Å². The highest BCUT2D eigenvalue weighted by Gasteiger charge is 2.26. The van der Waals surface area contributed by atoms with Crippen molar-refractivity contribution in [3.05, 3.63) is 89.7 Å². The lowest BCUT2D eigenvalue weighted by Crippen LogP contribution is -2.53. The second kappa shape index (κ2) is 14.0. The molecule has 1 aliphatic heterocycles. The highest BCUT2D eigenvalue weighted by atomic mass is 16.2. The third-order valence-corrected chi connectivity index (χ3v) is 6.79. The first-order valence-electron chi connectivity index (χ1n) is 13.5. The average Bonchev–Trinajstić information content (AvgIpc) is 2.99. The van der Waals surface area contributed by atoms with Gasteiger partial charge in [-0.2, -0.15) is 0 Å². The van der Waals surface area contributed by atoms with Crippen molar-refractivity contribution < 1.29 is 24.0 Å². The number of hydrogen-bond donors (Lipinski definition) is 4. The molecule has 2 heterocycles. The summed E-state index contributed by atoms with van der Waals surface area (Å²) in [5.74, 6) is -3.07. The lowest BCUT2D eigenvalue weighted by atomic mass is 9.99. The lowest BCUT2D eigenvalue weighted by Gasteiger charge is -2.21. The number of ketones is 1. The van der Waals surface area contributed by atoms with Gasteiger partial charge in [-0.15, -0.1) is 0 Å². The SMILES string of the molecule is C[C@@H]1NC(=O)CCc2cccc(c2)-c2cncc(c2)CCC(C(=O)NCC(=O)C(=O)NCc2ccccc2)NC1=O. The van der Waals surface area contributed by atoms with Crippen LogP contribution in [0.25, 0.3) is 11.1 Å². The molecule has 3 aromatic rings. The van der Waals surface area contributed by atoms with Crippen LogP contribution in [-0.4, -0.2) is 53.0 Å². The summed E-state index contributed by atoms with van der Waals surface area (Å²) < 4.78 is 0. The molecule has 1 aromatic heterocycles. The van der Waals surface area contributed by atoms with Gasteiger partial charge in [-0.05, 0) is 54.5 Å². The van der Waals surface area contributed by atoms with Crippen molar-refractivity contribution in [1.29, 1.82) is 0 Å². The maximum Gasteiger partial charge on any atom is 0.289 e. The quantitative estimate of drug-likeness (QED) is 0.340. The summed E-state index contributed by atoms with van der Waals surface area (Å²) in [5.41, 5.74) is 4.55. The molecule has 0 saturated heterocycles. The molecule has 4 bridgehead atoms. The molecule has 212 valence electrons. The monoisotopic (exact) mass is 555 g/mol. The van der Waals surface area contributed by atoms with E-state index < -0.39 is 42.1 Å². The minimum absolute atomic E-state index is 0.180. The highest BCUT2D eigenvalue weighted by molar-refractivity contribution is 6.37. The van der Waals surface area contributed by atoms with Gasteiger partial charge in [0.1, 0.15) is 12.1 Å². The molecule has 1 unspecified atom stereocenters. The van der Waals surface area contributed by atoms with E-state index in [4.69, 9.17) is 0 Å². The van der Waals surface area contributed by atoms with Crippen molar-refractivity contribution in [3.63, 3.8) is 0 Å². The van der Waals surface area contributed by atoms with E-state index in [1.165, 1.54) is 0 Å². The van der Waals surface area contributed by atoms with Crippen LogP contribution in [0, 0.1) is 0 Å². The van der Waals surface area contributed by atoms with Gasteiger partial charge >= 0.3 is 0 Å². The fraction of sp³-hybridized carbons (Fsp3) is 0.290. The highest BCUT2D eigenvalue weighted by Crippen LogP contribution is 2.22. The van der Waals surface area contributed by atoms with Crippen LogP contribution in [0.15, 0.2) is 73.1 Å². The zero-order valence-corrected chi connectivity index (χ0v) is 22.8. The number of amides is 4. The Labute approximate surface area is 238 Å². The molecule has 4 N–H and O–H groups in total. The molecule has 0 aliphatic carbocycles. The molecule has 2 aromatic carbocycles. The zero-order valence-electron chi connectivity index (χ0n) is 22.8. The standard InChI is InChI=1S/C31H33N5O5/c1-20-29(39)36-26(30(40)34-19-27(37)31(41)33-17-22-6-3-2-4-7-22)12-10-23-15-25(18-32-16-23)24-9-5-8-21(14-24)11-13-28(38)35-20/h2-9,14-16,18,20,26H,10-13,17,19H2,1H3,(H,33,41)(H,34,40)(H,35,38)(H,36,39)/t20-,26?/m0/s1. The molecular weight excluding hydrogens is 522 g/mol. The number of Topliss-reactive ketones (excluding diaryl/α,β-unsaturated/α-hetero) is 1. The normalized spacial score (nSPS) is 17.5. The van der Waals surface area contributed by atoms with Crippen molar-refractivity contribution in [2.75, 3.05) is 6.54 Å². The van der Waals surface area contributed by atoms with Crippen LogP contribution in [0.3, 0.4) is 0 Å². The van der Waals surface area contributed by atoms with Gasteiger partial charge in [0, 0.05) is 30.9 Å². The number of aryl methyl sites for hydroxylation is 2. The Morgan fingerprint density at radius 1 is 0.854 bits per heavy atom. The fourth-order valence-electron chi connectivity index (χ4n) is 4.45. The number of benzene rings is 2. The zero-order chi connectivity index (χ0) is 29.2. The first-order chi connectivity index (χ1) is 19.8. The van der Waals surface area contributed by atoms with Crippen molar-refractivity contribution in [2.24, 2.45) is 0 Å². The number of rotatable bonds is 6. The number of pyridine rings is 1. The van der Waals surface area contributed by atoms with Gasteiger partial charge in [0.15, 0.2) is 0 Å². The molecule has 0 saturated carbocycles. The van der Waals surface area contributed by atoms with E-state index in [0.717, 1.165) is 27.8 Å². The molecule has 4 rings (SSSR count). The number of carbonyl (C=O) groups is 5. The third-order valence-electron chi connectivity index (χ3n) is 6.79. The second-order valence-corrected chi connectivity index (χ2v) is 9.98. The number of hydrogen-bond acceptors (Lipinski definition) is 6. The van der Waals surface area contributed by atoms with E-state index in [2.05, 4.69) is 26.3 Å². The maximum atomic E-state index is 13.1. The average molecular weight is 556 g/mol. The Morgan fingerprint density at radius 3 is 2.44 bits per heavy atom. The van der Waals surface area contributed by atoms with Crippen LogP contribution < -0.4 is 21.3 Å². The van der Waals surface area contributed by atoms with Gasteiger partial charge in [0.05, 0.1) is 6.54 Å². The van der Waals surface area contributed by atoms with E-state index >= 15 is 0 Å². The van der Waals surface area contributed by atoms with E-state index in [1.807, 2.05) is 60.7 Å². The van der Waals surface area contributed by atoms with Gasteiger partial charge in [-0.25, -0.2) is 0 Å². The summed E-state index contributed by atoms with van der Waals surface area (Å²) in [6, 6.07) is 17.1. The van der Waals surface area contributed by atoms with E-state index in [0.29, 0.717) is 12.8 Å². The summed E-state index contributed by atoms with van der Waals surface area (Å²) in [5, 5.41) is 10.4. The van der Waals surface area contributed by atoms with Crippen molar-refractivity contribution in [2.45, 2.75) is 51.2 Å².